The van der Waals surface area contributed by atoms with Gasteiger partial charge in [-0.05, 0) is 74.4 Å². The van der Waals surface area contributed by atoms with E-state index in [0.29, 0.717) is 28.4 Å². The highest BCUT2D eigenvalue weighted by Gasteiger charge is 2.24. The van der Waals surface area contributed by atoms with Crippen LogP contribution >= 0.6 is 0 Å². The SMILES string of the molecule is CC(=O)c1ccc(NC(=O)c2ccc(-c3nc4cc(C(=O)O)ccc4n3C3CCCC3)cc2)cc1. The number of rotatable bonds is 6. The zero-order chi connectivity index (χ0) is 24.5. The van der Waals surface area contributed by atoms with E-state index in [1.807, 2.05) is 18.2 Å². The summed E-state index contributed by atoms with van der Waals surface area (Å²) >= 11 is 0. The van der Waals surface area contributed by atoms with Gasteiger partial charge in [-0.2, -0.15) is 0 Å². The monoisotopic (exact) mass is 467 g/mol. The number of amides is 1. The molecule has 5 rings (SSSR count). The summed E-state index contributed by atoms with van der Waals surface area (Å²) in [5.41, 5.74) is 4.36. The largest absolute Gasteiger partial charge is 0.478 e. The molecule has 35 heavy (non-hydrogen) atoms. The fourth-order valence-electron chi connectivity index (χ4n) is 4.73. The molecule has 1 amide bonds. The van der Waals surface area contributed by atoms with Crippen LogP contribution < -0.4 is 5.32 Å². The summed E-state index contributed by atoms with van der Waals surface area (Å²) < 4.78 is 2.22. The number of imidazole rings is 1. The Hall–Kier alpha value is -4.26. The third-order valence-electron chi connectivity index (χ3n) is 6.58. The van der Waals surface area contributed by atoms with Gasteiger partial charge in [0, 0.05) is 28.4 Å². The molecule has 0 saturated heterocycles. The van der Waals surface area contributed by atoms with Crippen molar-refractivity contribution in [2.45, 2.75) is 38.6 Å². The quantitative estimate of drug-likeness (QED) is 0.340. The molecule has 7 heteroatoms. The highest BCUT2D eigenvalue weighted by atomic mass is 16.4. The predicted octanol–water partition coefficient (Wildman–Crippen LogP) is 5.97. The van der Waals surface area contributed by atoms with Crippen LogP contribution in [0, 0.1) is 0 Å². The van der Waals surface area contributed by atoms with E-state index in [0.717, 1.165) is 42.6 Å². The van der Waals surface area contributed by atoms with E-state index >= 15 is 0 Å². The molecular formula is C28H25N3O4. The Kier molecular flexibility index (Phi) is 5.91. The molecule has 1 saturated carbocycles. The first-order chi connectivity index (χ1) is 16.9. The molecule has 0 aliphatic heterocycles. The van der Waals surface area contributed by atoms with Gasteiger partial charge in [-0.15, -0.1) is 0 Å². The lowest BCUT2D eigenvalue weighted by atomic mass is 10.1. The van der Waals surface area contributed by atoms with Gasteiger partial charge in [0.05, 0.1) is 16.6 Å². The summed E-state index contributed by atoms with van der Waals surface area (Å²) in [6.45, 7) is 1.50. The Labute approximate surface area is 202 Å². The number of Topliss-reactive ketones (excluding diaryl/α,β-unsaturated/α-hetero) is 1. The molecule has 0 atom stereocenters. The highest BCUT2D eigenvalue weighted by Crippen LogP contribution is 2.37. The van der Waals surface area contributed by atoms with Gasteiger partial charge < -0.3 is 15.0 Å². The zero-order valence-electron chi connectivity index (χ0n) is 19.3. The molecule has 1 fully saturated rings. The third kappa shape index (κ3) is 4.45. The maximum absolute atomic E-state index is 12.7. The van der Waals surface area contributed by atoms with Crippen molar-refractivity contribution >= 4 is 34.4 Å². The minimum atomic E-state index is -0.977. The van der Waals surface area contributed by atoms with E-state index in [2.05, 4.69) is 9.88 Å². The van der Waals surface area contributed by atoms with Crippen molar-refractivity contribution < 1.29 is 19.5 Å². The van der Waals surface area contributed by atoms with E-state index < -0.39 is 5.97 Å². The van der Waals surface area contributed by atoms with E-state index in [1.54, 1.807) is 48.5 Å². The van der Waals surface area contributed by atoms with Crippen molar-refractivity contribution in [2.75, 3.05) is 5.32 Å². The lowest BCUT2D eigenvalue weighted by Gasteiger charge is -2.16. The molecule has 0 bridgehead atoms. The molecule has 4 aromatic rings. The first-order valence-electron chi connectivity index (χ1n) is 11.7. The second-order valence-electron chi connectivity index (χ2n) is 8.92. The van der Waals surface area contributed by atoms with Gasteiger partial charge in [0.15, 0.2) is 5.78 Å². The van der Waals surface area contributed by atoms with Crippen molar-refractivity contribution in [1.29, 1.82) is 0 Å². The number of carboxylic acid groups (broad SMARTS) is 1. The summed E-state index contributed by atoms with van der Waals surface area (Å²) in [5, 5.41) is 12.2. The Bertz CT molecular complexity index is 1430. The van der Waals surface area contributed by atoms with Crippen LogP contribution in [0.3, 0.4) is 0 Å². The molecule has 1 aliphatic carbocycles. The summed E-state index contributed by atoms with van der Waals surface area (Å²) in [6, 6.07) is 19.4. The second-order valence-corrected chi connectivity index (χ2v) is 8.92. The van der Waals surface area contributed by atoms with Crippen molar-refractivity contribution in [1.82, 2.24) is 9.55 Å². The van der Waals surface area contributed by atoms with E-state index in [4.69, 9.17) is 4.98 Å². The summed E-state index contributed by atoms with van der Waals surface area (Å²) in [6.07, 6.45) is 4.43. The number of anilines is 1. The van der Waals surface area contributed by atoms with Gasteiger partial charge in [-0.3, -0.25) is 9.59 Å². The molecule has 7 nitrogen and oxygen atoms in total. The molecular weight excluding hydrogens is 442 g/mol. The molecule has 1 heterocycles. The van der Waals surface area contributed by atoms with Gasteiger partial charge >= 0.3 is 5.97 Å². The maximum Gasteiger partial charge on any atom is 0.335 e. The highest BCUT2D eigenvalue weighted by molar-refractivity contribution is 6.05. The van der Waals surface area contributed by atoms with Crippen LogP contribution in [0.2, 0.25) is 0 Å². The maximum atomic E-state index is 12.7. The lowest BCUT2D eigenvalue weighted by Crippen LogP contribution is -2.12. The fourth-order valence-corrected chi connectivity index (χ4v) is 4.73. The molecule has 0 spiro atoms. The van der Waals surface area contributed by atoms with Gasteiger partial charge in [0.25, 0.3) is 5.91 Å². The van der Waals surface area contributed by atoms with Crippen LogP contribution in [0.1, 0.15) is 69.7 Å². The first kappa shape index (κ1) is 22.5. The lowest BCUT2D eigenvalue weighted by molar-refractivity contribution is 0.0696. The molecule has 1 aromatic heterocycles. The van der Waals surface area contributed by atoms with E-state index in [1.165, 1.54) is 6.92 Å². The van der Waals surface area contributed by atoms with Crippen molar-refractivity contribution in [3.8, 4) is 11.4 Å². The standard InChI is InChI=1S/C28H25N3O4/c1-17(32)18-10-13-22(14-11-18)29-27(33)20-8-6-19(7-9-20)26-30-24-16-21(28(34)35)12-15-25(24)31(26)23-4-2-3-5-23/h6-16,23H,2-5H2,1H3,(H,29,33)(H,34,35). The normalized spacial score (nSPS) is 13.7. The number of benzene rings is 3. The first-order valence-corrected chi connectivity index (χ1v) is 11.7. The average molecular weight is 468 g/mol. The molecule has 1 aliphatic rings. The predicted molar refractivity (Wildman–Crippen MR) is 134 cm³/mol. The van der Waals surface area contributed by atoms with Crippen LogP contribution in [0.15, 0.2) is 66.7 Å². The number of fused-ring (bicyclic) bond motifs is 1. The number of ketones is 1. The van der Waals surface area contributed by atoms with Crippen LogP contribution in [0.25, 0.3) is 22.4 Å². The number of aromatic carboxylic acids is 1. The number of carbonyl (C=O) groups is 3. The molecule has 3 aromatic carbocycles. The number of nitrogens with zero attached hydrogens (tertiary/aromatic N) is 2. The van der Waals surface area contributed by atoms with E-state index in [9.17, 15) is 19.5 Å². The Morgan fingerprint density at radius 2 is 1.51 bits per heavy atom. The van der Waals surface area contributed by atoms with Crippen LogP contribution in [0.4, 0.5) is 5.69 Å². The molecule has 2 N–H and O–H groups in total. The van der Waals surface area contributed by atoms with Gasteiger partial charge in [0.1, 0.15) is 5.82 Å². The van der Waals surface area contributed by atoms with Gasteiger partial charge in [0.2, 0.25) is 0 Å². The minimum absolute atomic E-state index is 0.0266. The van der Waals surface area contributed by atoms with Crippen molar-refractivity contribution in [3.63, 3.8) is 0 Å². The van der Waals surface area contributed by atoms with E-state index in [-0.39, 0.29) is 17.3 Å². The smallest absolute Gasteiger partial charge is 0.335 e. The van der Waals surface area contributed by atoms with Gasteiger partial charge in [-0.25, -0.2) is 9.78 Å². The van der Waals surface area contributed by atoms with Crippen molar-refractivity contribution in [2.24, 2.45) is 0 Å². The third-order valence-corrected chi connectivity index (χ3v) is 6.58. The second kappa shape index (κ2) is 9.18. The summed E-state index contributed by atoms with van der Waals surface area (Å²) in [5.74, 6) is -0.472. The van der Waals surface area contributed by atoms with Gasteiger partial charge in [-0.1, -0.05) is 25.0 Å². The van der Waals surface area contributed by atoms with Crippen LogP contribution in [-0.2, 0) is 0 Å². The average Bonchev–Trinajstić information content (AvgIpc) is 3.51. The number of carbonyl (C=O) groups excluding carboxylic acids is 2. The Balaban J connectivity index is 1.45. The summed E-state index contributed by atoms with van der Waals surface area (Å²) in [7, 11) is 0. The Morgan fingerprint density at radius 1 is 0.886 bits per heavy atom. The minimum Gasteiger partial charge on any atom is -0.478 e. The van der Waals surface area contributed by atoms with Crippen LogP contribution in [-0.4, -0.2) is 32.3 Å². The number of hydrogen-bond donors (Lipinski definition) is 2. The number of hydrogen-bond acceptors (Lipinski definition) is 4. The number of aromatic nitrogens is 2. The number of carboxylic acids is 1. The molecule has 0 radical (unpaired) electrons. The van der Waals surface area contributed by atoms with Crippen molar-refractivity contribution in [3.05, 3.63) is 83.4 Å². The fraction of sp³-hybridized carbons (Fsp3) is 0.214. The number of nitrogens with one attached hydrogen (secondary N) is 1. The summed E-state index contributed by atoms with van der Waals surface area (Å²) in [4.78, 5) is 40.4. The zero-order valence-corrected chi connectivity index (χ0v) is 19.3. The topological polar surface area (TPSA) is 101 Å². The van der Waals surface area contributed by atoms with Crippen LogP contribution in [0.5, 0.6) is 0 Å². The Morgan fingerprint density at radius 3 is 2.14 bits per heavy atom. The molecule has 176 valence electrons. The molecule has 0 unspecified atom stereocenters.